The lowest BCUT2D eigenvalue weighted by Crippen LogP contribution is -2.52. The van der Waals surface area contributed by atoms with E-state index in [1.807, 2.05) is 0 Å². The first-order valence-electron chi connectivity index (χ1n) is 8.77. The van der Waals surface area contributed by atoms with Gasteiger partial charge in [-0.05, 0) is 63.8 Å². The molecular weight excluding hydrogens is 264 g/mol. The number of rotatable bonds is 2. The molecule has 0 spiro atoms. The third kappa shape index (κ3) is 3.42. The van der Waals surface area contributed by atoms with Crippen molar-refractivity contribution in [3.63, 3.8) is 0 Å². The Hall–Kier alpha value is -0.610. The maximum absolute atomic E-state index is 12.8. The molecule has 0 saturated carbocycles. The fourth-order valence-electron chi connectivity index (χ4n) is 4.38. The van der Waals surface area contributed by atoms with E-state index in [4.69, 9.17) is 4.74 Å². The van der Waals surface area contributed by atoms with Gasteiger partial charge < -0.3 is 15.0 Å². The SMILES string of the molecule is C[C@@]1(C(=O)N2CCC(C3CCOCC3)CC2)CCCNC1. The molecular formula is C17H30N2O2. The lowest BCUT2D eigenvalue weighted by molar-refractivity contribution is -0.144. The topological polar surface area (TPSA) is 41.6 Å². The molecule has 0 bridgehead atoms. The van der Waals surface area contributed by atoms with Gasteiger partial charge in [-0.3, -0.25) is 4.79 Å². The summed E-state index contributed by atoms with van der Waals surface area (Å²) in [5, 5.41) is 3.39. The highest BCUT2D eigenvalue weighted by atomic mass is 16.5. The highest BCUT2D eigenvalue weighted by molar-refractivity contribution is 5.82. The number of nitrogens with zero attached hydrogens (tertiary/aromatic N) is 1. The van der Waals surface area contributed by atoms with Crippen LogP contribution in [0.3, 0.4) is 0 Å². The van der Waals surface area contributed by atoms with Crippen molar-refractivity contribution in [1.29, 1.82) is 0 Å². The minimum Gasteiger partial charge on any atom is -0.381 e. The van der Waals surface area contributed by atoms with Crippen LogP contribution in [0, 0.1) is 17.3 Å². The summed E-state index contributed by atoms with van der Waals surface area (Å²) in [5.74, 6) is 2.04. The molecule has 0 unspecified atom stereocenters. The number of hydrogen-bond donors (Lipinski definition) is 1. The zero-order valence-corrected chi connectivity index (χ0v) is 13.4. The van der Waals surface area contributed by atoms with Crippen LogP contribution in [0.25, 0.3) is 0 Å². The molecule has 1 amide bonds. The molecule has 120 valence electrons. The second-order valence-corrected chi connectivity index (χ2v) is 7.42. The second-order valence-electron chi connectivity index (χ2n) is 7.42. The Morgan fingerprint density at radius 2 is 1.81 bits per heavy atom. The third-order valence-electron chi connectivity index (χ3n) is 5.87. The minimum absolute atomic E-state index is 0.163. The van der Waals surface area contributed by atoms with Gasteiger partial charge in [0.05, 0.1) is 5.41 Å². The number of likely N-dealkylation sites (tertiary alicyclic amines) is 1. The van der Waals surface area contributed by atoms with Gasteiger partial charge in [0, 0.05) is 32.8 Å². The smallest absolute Gasteiger partial charge is 0.229 e. The quantitative estimate of drug-likeness (QED) is 0.847. The first-order valence-corrected chi connectivity index (χ1v) is 8.77. The van der Waals surface area contributed by atoms with E-state index in [1.165, 1.54) is 25.7 Å². The molecule has 0 aromatic rings. The van der Waals surface area contributed by atoms with Gasteiger partial charge in [-0.2, -0.15) is 0 Å². The zero-order valence-electron chi connectivity index (χ0n) is 13.4. The van der Waals surface area contributed by atoms with Crippen molar-refractivity contribution in [3.05, 3.63) is 0 Å². The van der Waals surface area contributed by atoms with E-state index in [1.54, 1.807) is 0 Å². The molecule has 3 aliphatic heterocycles. The van der Waals surface area contributed by atoms with Crippen LogP contribution < -0.4 is 5.32 Å². The van der Waals surface area contributed by atoms with Crippen molar-refractivity contribution >= 4 is 5.91 Å². The predicted molar refractivity (Wildman–Crippen MR) is 83.1 cm³/mol. The van der Waals surface area contributed by atoms with Gasteiger partial charge in [-0.25, -0.2) is 0 Å². The molecule has 3 rings (SSSR count). The molecule has 3 heterocycles. The normalized spacial score (nSPS) is 33.1. The molecule has 0 aromatic carbocycles. The summed E-state index contributed by atoms with van der Waals surface area (Å²) in [4.78, 5) is 15.0. The Morgan fingerprint density at radius 1 is 1.14 bits per heavy atom. The van der Waals surface area contributed by atoms with E-state index in [9.17, 15) is 4.79 Å². The van der Waals surface area contributed by atoms with Gasteiger partial charge in [0.1, 0.15) is 0 Å². The van der Waals surface area contributed by atoms with E-state index < -0.39 is 0 Å². The molecule has 0 aromatic heterocycles. The van der Waals surface area contributed by atoms with Crippen LogP contribution in [0.2, 0.25) is 0 Å². The molecule has 21 heavy (non-hydrogen) atoms. The van der Waals surface area contributed by atoms with Crippen molar-refractivity contribution in [3.8, 4) is 0 Å². The number of ether oxygens (including phenoxy) is 1. The summed E-state index contributed by atoms with van der Waals surface area (Å²) in [7, 11) is 0. The summed E-state index contributed by atoms with van der Waals surface area (Å²) in [5.41, 5.74) is -0.163. The maximum atomic E-state index is 12.8. The van der Waals surface area contributed by atoms with Gasteiger partial charge in [0.2, 0.25) is 5.91 Å². The fraction of sp³-hybridized carbons (Fsp3) is 0.941. The first kappa shape index (κ1) is 15.3. The number of nitrogens with one attached hydrogen (secondary N) is 1. The van der Waals surface area contributed by atoms with Crippen LogP contribution in [-0.2, 0) is 9.53 Å². The monoisotopic (exact) mass is 294 g/mol. The Kier molecular flexibility index (Phi) is 4.85. The number of carbonyl (C=O) groups excluding carboxylic acids is 1. The highest BCUT2D eigenvalue weighted by Gasteiger charge is 2.39. The molecule has 3 fully saturated rings. The Balaban J connectivity index is 1.51. The Bertz CT molecular complexity index is 352. The van der Waals surface area contributed by atoms with E-state index in [2.05, 4.69) is 17.1 Å². The average molecular weight is 294 g/mol. The van der Waals surface area contributed by atoms with E-state index in [0.717, 1.165) is 64.1 Å². The highest BCUT2D eigenvalue weighted by Crippen LogP contribution is 2.34. The van der Waals surface area contributed by atoms with Crippen LogP contribution in [0.1, 0.15) is 45.4 Å². The molecule has 4 heteroatoms. The Labute approximate surface area is 128 Å². The average Bonchev–Trinajstić information content (AvgIpc) is 2.56. The van der Waals surface area contributed by atoms with Crippen LogP contribution in [0.15, 0.2) is 0 Å². The number of amides is 1. The van der Waals surface area contributed by atoms with Crippen LogP contribution in [0.4, 0.5) is 0 Å². The number of carbonyl (C=O) groups is 1. The van der Waals surface area contributed by atoms with Crippen molar-refractivity contribution in [2.45, 2.75) is 45.4 Å². The Morgan fingerprint density at radius 3 is 2.43 bits per heavy atom. The third-order valence-corrected chi connectivity index (χ3v) is 5.87. The number of hydrogen-bond acceptors (Lipinski definition) is 3. The van der Waals surface area contributed by atoms with Crippen molar-refractivity contribution in [1.82, 2.24) is 10.2 Å². The lowest BCUT2D eigenvalue weighted by atomic mass is 9.78. The predicted octanol–water partition coefficient (Wildman–Crippen LogP) is 2.04. The van der Waals surface area contributed by atoms with Crippen molar-refractivity contribution < 1.29 is 9.53 Å². The van der Waals surface area contributed by atoms with Gasteiger partial charge >= 0.3 is 0 Å². The molecule has 1 atom stereocenters. The summed E-state index contributed by atoms with van der Waals surface area (Å²) in [6.45, 7) is 7.88. The largest absolute Gasteiger partial charge is 0.381 e. The molecule has 3 aliphatic rings. The second kappa shape index (κ2) is 6.66. The summed E-state index contributed by atoms with van der Waals surface area (Å²) in [6.07, 6.45) is 7.00. The first-order chi connectivity index (χ1) is 10.2. The fourth-order valence-corrected chi connectivity index (χ4v) is 4.38. The molecule has 3 saturated heterocycles. The number of piperidine rings is 2. The molecule has 4 nitrogen and oxygen atoms in total. The van der Waals surface area contributed by atoms with E-state index >= 15 is 0 Å². The summed E-state index contributed by atoms with van der Waals surface area (Å²) >= 11 is 0. The summed E-state index contributed by atoms with van der Waals surface area (Å²) in [6, 6.07) is 0. The van der Waals surface area contributed by atoms with E-state index in [-0.39, 0.29) is 5.41 Å². The zero-order chi connectivity index (χ0) is 14.7. The van der Waals surface area contributed by atoms with Crippen LogP contribution in [0.5, 0.6) is 0 Å². The van der Waals surface area contributed by atoms with Crippen molar-refractivity contribution in [2.75, 3.05) is 39.4 Å². The van der Waals surface area contributed by atoms with Crippen LogP contribution >= 0.6 is 0 Å². The van der Waals surface area contributed by atoms with Gasteiger partial charge in [0.25, 0.3) is 0 Å². The lowest BCUT2D eigenvalue weighted by Gasteiger charge is -2.42. The maximum Gasteiger partial charge on any atom is 0.229 e. The standard InChI is InChI=1S/C17H30N2O2/c1-17(7-2-8-18-13-17)16(20)19-9-3-14(4-10-19)15-5-11-21-12-6-15/h14-15,18H,2-13H2,1H3/t17-/m1/s1. The van der Waals surface area contributed by atoms with E-state index in [0.29, 0.717) is 5.91 Å². The van der Waals surface area contributed by atoms with Crippen molar-refractivity contribution in [2.24, 2.45) is 17.3 Å². The van der Waals surface area contributed by atoms with Gasteiger partial charge in [-0.15, -0.1) is 0 Å². The molecule has 0 aliphatic carbocycles. The molecule has 1 N–H and O–H groups in total. The molecule has 0 radical (unpaired) electrons. The van der Waals surface area contributed by atoms with Crippen LogP contribution in [-0.4, -0.2) is 50.2 Å². The summed E-state index contributed by atoms with van der Waals surface area (Å²) < 4.78 is 5.47. The minimum atomic E-state index is -0.163. The van der Waals surface area contributed by atoms with Gasteiger partial charge in [-0.1, -0.05) is 0 Å². The van der Waals surface area contributed by atoms with Gasteiger partial charge in [0.15, 0.2) is 0 Å².